The van der Waals surface area contributed by atoms with Gasteiger partial charge < -0.3 is 29.0 Å². The Bertz CT molecular complexity index is 1850. The van der Waals surface area contributed by atoms with Crippen molar-refractivity contribution in [2.45, 2.75) is 80.7 Å². The van der Waals surface area contributed by atoms with E-state index in [9.17, 15) is 14.3 Å². The summed E-state index contributed by atoms with van der Waals surface area (Å²) >= 11 is 6.81. The topological polar surface area (TPSA) is 123 Å². The van der Waals surface area contributed by atoms with Crippen LogP contribution < -0.4 is 19.1 Å². The highest BCUT2D eigenvalue weighted by atomic mass is 35.5. The molecule has 1 N–H and O–H groups in total. The van der Waals surface area contributed by atoms with Crippen LogP contribution in [0.25, 0.3) is 22.2 Å². The Morgan fingerprint density at radius 1 is 1.14 bits per heavy atom. The van der Waals surface area contributed by atoms with Crippen LogP contribution in [0.4, 0.5) is 19.4 Å². The van der Waals surface area contributed by atoms with Gasteiger partial charge in [-0.25, -0.2) is 18.6 Å². The number of alkyl halides is 1. The number of carboxylic acid groups (broad SMARTS) is 1. The third-order valence-corrected chi connectivity index (χ3v) is 11.6. The summed E-state index contributed by atoms with van der Waals surface area (Å²) in [5.41, 5.74) is 0.773. The maximum Gasteiger partial charge on any atom is 0.407 e. The van der Waals surface area contributed by atoms with Crippen LogP contribution in [-0.4, -0.2) is 113 Å². The van der Waals surface area contributed by atoms with E-state index in [1.165, 1.54) is 12.0 Å². The molecule has 0 radical (unpaired) electrons. The van der Waals surface area contributed by atoms with E-state index < -0.39 is 29.7 Å². The van der Waals surface area contributed by atoms with Gasteiger partial charge in [0.05, 0.1) is 23.7 Å². The van der Waals surface area contributed by atoms with Gasteiger partial charge in [0.2, 0.25) is 5.88 Å². The van der Waals surface area contributed by atoms with Crippen molar-refractivity contribution in [3.05, 3.63) is 28.5 Å². The second kappa shape index (κ2) is 11.7. The van der Waals surface area contributed by atoms with E-state index in [2.05, 4.69) is 9.88 Å². The number of hydrogen-bond acceptors (Lipinski definition) is 10. The number of pyridine rings is 1. The Hall–Kier alpha value is -3.75. The standard InChI is InChI=1S/C34H37ClF2N6O6/c1-46-16-49-20-9-21(25(17-3-4-17)22(35)10-20)28-27(37)29-26-30(40-32(39-29)48-15-34-7-2-8-41(34)12-18(36)11-34)42-13-19-5-6-23(43(19)33(44)45)24(42)14-47-31(26)38-28/h9-10,17-19,23-24H,2-8,11-16H2,1H3,(H,44,45)/t18-,19?,23?,24?,34+/m1/s1. The minimum Gasteiger partial charge on any atom is -0.475 e. The number of halogens is 3. The molecule has 2 bridgehead atoms. The first-order valence-corrected chi connectivity index (χ1v) is 17.4. The minimum absolute atomic E-state index is 0.00921. The lowest BCUT2D eigenvalue weighted by molar-refractivity contribution is 0.0511. The fraction of sp³-hybridized carbons (Fsp3) is 0.588. The number of nitrogens with zero attached hydrogens (tertiary/aromatic N) is 6. The molecule has 1 aliphatic carbocycles. The second-order valence-electron chi connectivity index (χ2n) is 14.2. The molecule has 3 aromatic rings. The predicted molar refractivity (Wildman–Crippen MR) is 174 cm³/mol. The van der Waals surface area contributed by atoms with Crippen LogP contribution in [0.3, 0.4) is 0 Å². The van der Waals surface area contributed by atoms with Crippen molar-refractivity contribution in [2.75, 3.05) is 51.7 Å². The Morgan fingerprint density at radius 3 is 2.80 bits per heavy atom. The fourth-order valence-electron chi connectivity index (χ4n) is 9.04. The van der Waals surface area contributed by atoms with Gasteiger partial charge in [0.1, 0.15) is 47.5 Å². The molecule has 260 valence electrons. The van der Waals surface area contributed by atoms with E-state index in [0.29, 0.717) is 59.9 Å². The van der Waals surface area contributed by atoms with E-state index in [1.807, 2.05) is 4.90 Å². The van der Waals surface area contributed by atoms with Crippen LogP contribution in [-0.2, 0) is 4.74 Å². The van der Waals surface area contributed by atoms with Gasteiger partial charge in [-0.15, -0.1) is 0 Å². The Kier molecular flexibility index (Phi) is 7.44. The molecule has 5 fully saturated rings. The van der Waals surface area contributed by atoms with E-state index in [0.717, 1.165) is 37.8 Å². The van der Waals surface area contributed by atoms with E-state index in [-0.39, 0.29) is 61.1 Å². The van der Waals surface area contributed by atoms with Crippen LogP contribution >= 0.6 is 11.6 Å². The number of aromatic nitrogens is 3. The normalized spacial score (nSPS) is 28.7. The Balaban J connectivity index is 1.20. The van der Waals surface area contributed by atoms with Crippen molar-refractivity contribution in [1.82, 2.24) is 24.8 Å². The lowest BCUT2D eigenvalue weighted by atomic mass is 9.95. The summed E-state index contributed by atoms with van der Waals surface area (Å²) < 4.78 is 55.3. The molecule has 2 aromatic heterocycles. The fourth-order valence-corrected chi connectivity index (χ4v) is 9.40. The average Bonchev–Trinajstić information content (AvgIpc) is 3.69. The molecule has 12 nitrogen and oxygen atoms in total. The van der Waals surface area contributed by atoms with Gasteiger partial charge in [-0.3, -0.25) is 9.80 Å². The highest BCUT2D eigenvalue weighted by Crippen LogP contribution is 2.51. The van der Waals surface area contributed by atoms with Gasteiger partial charge >= 0.3 is 12.1 Å². The van der Waals surface area contributed by atoms with Gasteiger partial charge in [-0.05, 0) is 68.7 Å². The SMILES string of the molecule is COCOc1cc(Cl)c(C2CC2)c(-c2nc3c4c(nc(OC[C@@]56CCCN5C[C@H](F)C6)nc4c2F)N2CC4CCC(C2CO3)N4C(=O)O)c1. The first-order chi connectivity index (χ1) is 23.7. The highest BCUT2D eigenvalue weighted by molar-refractivity contribution is 6.32. The Labute approximate surface area is 286 Å². The maximum atomic E-state index is 17.2. The average molecular weight is 699 g/mol. The molecule has 7 heterocycles. The minimum atomic E-state index is -0.972. The lowest BCUT2D eigenvalue weighted by Crippen LogP contribution is -2.62. The van der Waals surface area contributed by atoms with Gasteiger partial charge in [-0.2, -0.15) is 9.97 Å². The monoisotopic (exact) mass is 698 g/mol. The van der Waals surface area contributed by atoms with Crippen LogP contribution in [0, 0.1) is 5.82 Å². The lowest BCUT2D eigenvalue weighted by Gasteiger charge is -2.45. The molecule has 4 saturated heterocycles. The second-order valence-corrected chi connectivity index (χ2v) is 14.6. The molecule has 6 aliphatic rings. The number of hydrogen-bond donors (Lipinski definition) is 1. The van der Waals surface area contributed by atoms with E-state index in [1.54, 1.807) is 12.1 Å². The van der Waals surface area contributed by atoms with Gasteiger partial charge in [0, 0.05) is 37.2 Å². The summed E-state index contributed by atoms with van der Waals surface area (Å²) in [7, 11) is 1.51. The summed E-state index contributed by atoms with van der Waals surface area (Å²) in [6.45, 7) is 1.79. The van der Waals surface area contributed by atoms with Gasteiger partial charge in [-0.1, -0.05) is 11.6 Å². The molecular formula is C34H37ClF2N6O6. The number of benzene rings is 1. The van der Waals surface area contributed by atoms with Crippen LogP contribution in [0.15, 0.2) is 12.1 Å². The molecule has 3 unspecified atom stereocenters. The zero-order valence-corrected chi connectivity index (χ0v) is 27.8. The maximum absolute atomic E-state index is 17.2. The molecule has 1 saturated carbocycles. The van der Waals surface area contributed by atoms with E-state index >= 15 is 4.39 Å². The molecule has 9 rings (SSSR count). The number of anilines is 1. The Morgan fingerprint density at radius 2 is 2.00 bits per heavy atom. The van der Waals surface area contributed by atoms with Crippen molar-refractivity contribution >= 4 is 34.4 Å². The first kappa shape index (κ1) is 31.2. The van der Waals surface area contributed by atoms with Crippen molar-refractivity contribution < 1.29 is 37.6 Å². The molecule has 15 heteroatoms. The van der Waals surface area contributed by atoms with Crippen LogP contribution in [0.5, 0.6) is 17.6 Å². The van der Waals surface area contributed by atoms with Crippen molar-refractivity contribution in [3.8, 4) is 28.9 Å². The molecule has 1 amide bonds. The zero-order valence-electron chi connectivity index (χ0n) is 27.0. The van der Waals surface area contributed by atoms with Crippen LogP contribution in [0.1, 0.15) is 56.4 Å². The summed E-state index contributed by atoms with van der Waals surface area (Å²) in [6.07, 6.45) is 3.39. The molecular weight excluding hydrogens is 662 g/mol. The van der Waals surface area contributed by atoms with Crippen molar-refractivity contribution in [2.24, 2.45) is 0 Å². The predicted octanol–water partition coefficient (Wildman–Crippen LogP) is 5.39. The number of piperazine rings is 1. The summed E-state index contributed by atoms with van der Waals surface area (Å²) in [5, 5.41) is 10.8. The van der Waals surface area contributed by atoms with Gasteiger partial charge in [0.15, 0.2) is 12.6 Å². The number of rotatable bonds is 8. The zero-order chi connectivity index (χ0) is 33.6. The third-order valence-electron chi connectivity index (χ3n) is 11.3. The van der Waals surface area contributed by atoms with Crippen molar-refractivity contribution in [3.63, 3.8) is 0 Å². The molecule has 0 spiro atoms. The molecule has 5 atom stereocenters. The number of fused-ring (bicyclic) bond motifs is 6. The number of carbonyl (C=O) groups is 1. The summed E-state index contributed by atoms with van der Waals surface area (Å²) in [4.78, 5) is 32.3. The van der Waals surface area contributed by atoms with Crippen molar-refractivity contribution in [1.29, 1.82) is 0 Å². The molecule has 1 aromatic carbocycles. The first-order valence-electron chi connectivity index (χ1n) is 17.0. The molecule has 49 heavy (non-hydrogen) atoms. The smallest absolute Gasteiger partial charge is 0.407 e. The summed E-state index contributed by atoms with van der Waals surface area (Å²) in [5.74, 6) is 0.399. The number of methoxy groups -OCH3 is 1. The quantitative estimate of drug-likeness (QED) is 0.305. The van der Waals surface area contributed by atoms with Crippen LogP contribution in [0.2, 0.25) is 5.02 Å². The highest BCUT2D eigenvalue weighted by Gasteiger charge is 2.52. The number of amides is 1. The summed E-state index contributed by atoms with van der Waals surface area (Å²) in [6, 6.07) is 2.40. The van der Waals surface area contributed by atoms with Gasteiger partial charge in [0.25, 0.3) is 0 Å². The third kappa shape index (κ3) is 5.04. The largest absolute Gasteiger partial charge is 0.475 e. The number of ether oxygens (including phenoxy) is 4. The molecule has 5 aliphatic heterocycles. The van der Waals surface area contributed by atoms with E-state index in [4.69, 9.17) is 40.5 Å².